The Morgan fingerprint density at radius 3 is 2.26 bits per heavy atom. The molecule has 5 rings (SSSR count). The average molecular weight is 625 g/mol. The lowest BCUT2D eigenvalue weighted by Gasteiger charge is -2.23. The molecule has 0 aliphatic heterocycles. The molecule has 2 amide bonds. The van der Waals surface area contributed by atoms with E-state index in [2.05, 4.69) is 25.6 Å². The summed E-state index contributed by atoms with van der Waals surface area (Å²) in [6.45, 7) is 0.232. The van der Waals surface area contributed by atoms with Crippen molar-refractivity contribution in [2.24, 2.45) is 0 Å². The Morgan fingerprint density at radius 1 is 0.761 bits per heavy atom. The number of carbonyl (C=O) groups excluding carboxylic acids is 1. The van der Waals surface area contributed by atoms with Crippen LogP contribution in [0.3, 0.4) is 0 Å². The van der Waals surface area contributed by atoms with Crippen molar-refractivity contribution in [2.75, 3.05) is 43.4 Å². The van der Waals surface area contributed by atoms with Crippen molar-refractivity contribution >= 4 is 40.4 Å². The van der Waals surface area contributed by atoms with E-state index in [1.54, 1.807) is 47.4 Å². The van der Waals surface area contributed by atoms with Crippen LogP contribution in [0.4, 0.5) is 22.4 Å². The molecule has 46 heavy (non-hydrogen) atoms. The van der Waals surface area contributed by atoms with Crippen molar-refractivity contribution < 1.29 is 33.6 Å². The number of urea groups is 1. The molecule has 0 unspecified atom stereocenters. The third kappa shape index (κ3) is 7.88. The summed E-state index contributed by atoms with van der Waals surface area (Å²) in [7, 11) is 4.56. The molecule has 13 heteroatoms. The van der Waals surface area contributed by atoms with Gasteiger partial charge in [0.2, 0.25) is 11.9 Å². The van der Waals surface area contributed by atoms with Gasteiger partial charge in [-0.1, -0.05) is 48.5 Å². The van der Waals surface area contributed by atoms with Crippen molar-refractivity contribution in [1.29, 1.82) is 0 Å². The number of anilines is 3. The highest BCUT2D eigenvalue weighted by molar-refractivity contribution is 5.99. The molecule has 13 nitrogen and oxygen atoms in total. The number of benzene rings is 4. The molecule has 1 heterocycles. The van der Waals surface area contributed by atoms with Crippen molar-refractivity contribution in [3.8, 4) is 29.0 Å². The maximum absolute atomic E-state index is 13.0. The number of hydrogen-bond acceptors (Lipinski definition) is 10. The zero-order valence-corrected chi connectivity index (χ0v) is 25.4. The van der Waals surface area contributed by atoms with Crippen LogP contribution < -0.4 is 34.5 Å². The van der Waals surface area contributed by atoms with E-state index in [4.69, 9.17) is 18.9 Å². The second-order valence-corrected chi connectivity index (χ2v) is 9.89. The van der Waals surface area contributed by atoms with Crippen LogP contribution in [0.5, 0.6) is 29.0 Å². The molecule has 0 aliphatic carbocycles. The van der Waals surface area contributed by atoms with E-state index in [1.165, 1.54) is 21.3 Å². The minimum Gasteiger partial charge on any atom is -0.495 e. The predicted molar refractivity (Wildman–Crippen MR) is 172 cm³/mol. The number of amides is 2. The number of rotatable bonds is 13. The van der Waals surface area contributed by atoms with Gasteiger partial charge < -0.3 is 34.3 Å². The van der Waals surface area contributed by atoms with Gasteiger partial charge in [0.1, 0.15) is 11.5 Å². The number of nitrogens with one attached hydrogen (secondary N) is 2. The molecular formula is C33H32N6O7. The van der Waals surface area contributed by atoms with Gasteiger partial charge in [-0.05, 0) is 52.7 Å². The minimum atomic E-state index is -1.01. The number of nitrogens with zero attached hydrogens (tertiary/aromatic N) is 4. The molecule has 0 saturated carbocycles. The molecule has 4 aromatic carbocycles. The Bertz CT molecular complexity index is 1850. The lowest BCUT2D eigenvalue weighted by atomic mass is 10.1. The SMILES string of the molecule is COc1ccccc1NC(=O)Nc1nc(Oc2ccc3ccccc3c2)nc(N(CCC(=O)O)Cc2ccc(OC)c(OC)c2)n1. The van der Waals surface area contributed by atoms with Gasteiger partial charge in [-0.25, -0.2) is 4.79 Å². The van der Waals surface area contributed by atoms with E-state index in [-0.39, 0.29) is 37.4 Å². The van der Waals surface area contributed by atoms with Gasteiger partial charge in [-0.3, -0.25) is 10.1 Å². The normalized spacial score (nSPS) is 10.6. The summed E-state index contributed by atoms with van der Waals surface area (Å²) in [5.41, 5.74) is 1.20. The monoisotopic (exact) mass is 624 g/mol. The van der Waals surface area contributed by atoms with Crippen molar-refractivity contribution in [1.82, 2.24) is 15.0 Å². The number of para-hydroxylation sites is 2. The number of fused-ring (bicyclic) bond motifs is 1. The fourth-order valence-electron chi connectivity index (χ4n) is 4.61. The van der Waals surface area contributed by atoms with Gasteiger partial charge in [-0.2, -0.15) is 15.0 Å². The average Bonchev–Trinajstić information content (AvgIpc) is 3.06. The third-order valence-electron chi connectivity index (χ3n) is 6.81. The predicted octanol–water partition coefficient (Wildman–Crippen LogP) is 5.97. The summed E-state index contributed by atoms with van der Waals surface area (Å²) < 4.78 is 22.2. The second-order valence-electron chi connectivity index (χ2n) is 9.89. The Kier molecular flexibility index (Phi) is 9.92. The molecule has 0 spiro atoms. The van der Waals surface area contributed by atoms with Crippen molar-refractivity contribution in [2.45, 2.75) is 13.0 Å². The number of methoxy groups -OCH3 is 3. The fourth-order valence-corrected chi connectivity index (χ4v) is 4.61. The van der Waals surface area contributed by atoms with E-state index in [1.807, 2.05) is 42.5 Å². The summed E-state index contributed by atoms with van der Waals surface area (Å²) in [5.74, 6) is 0.914. The first kappa shape index (κ1) is 31.3. The number of carbonyl (C=O) groups is 2. The molecule has 0 radical (unpaired) electrons. The molecule has 5 aromatic rings. The van der Waals surface area contributed by atoms with Gasteiger partial charge >= 0.3 is 18.0 Å². The largest absolute Gasteiger partial charge is 0.495 e. The highest BCUT2D eigenvalue weighted by Gasteiger charge is 2.19. The fraction of sp³-hybridized carbons (Fsp3) is 0.182. The van der Waals surface area contributed by atoms with Crippen LogP contribution in [0.2, 0.25) is 0 Å². The molecule has 0 fully saturated rings. The van der Waals surface area contributed by atoms with Crippen LogP contribution in [0, 0.1) is 0 Å². The quantitative estimate of drug-likeness (QED) is 0.142. The smallest absolute Gasteiger partial charge is 0.328 e. The highest BCUT2D eigenvalue weighted by atomic mass is 16.5. The molecule has 0 bridgehead atoms. The Labute approximate surface area is 264 Å². The first-order valence-corrected chi connectivity index (χ1v) is 14.2. The number of ether oxygens (including phenoxy) is 4. The van der Waals surface area contributed by atoms with Crippen LogP contribution in [0.1, 0.15) is 12.0 Å². The third-order valence-corrected chi connectivity index (χ3v) is 6.81. The van der Waals surface area contributed by atoms with E-state index in [9.17, 15) is 14.7 Å². The molecule has 236 valence electrons. The Hall–Kier alpha value is -6.11. The van der Waals surface area contributed by atoms with Crippen molar-refractivity contribution in [3.05, 3.63) is 90.5 Å². The first-order valence-electron chi connectivity index (χ1n) is 14.2. The maximum Gasteiger partial charge on any atom is 0.328 e. The summed E-state index contributed by atoms with van der Waals surface area (Å²) in [6, 6.07) is 24.8. The molecule has 0 saturated heterocycles. The topological polar surface area (TPSA) is 157 Å². The van der Waals surface area contributed by atoms with Gasteiger partial charge in [0.25, 0.3) is 0 Å². The summed E-state index contributed by atoms with van der Waals surface area (Å²) >= 11 is 0. The van der Waals surface area contributed by atoms with Gasteiger partial charge in [0.05, 0.1) is 33.4 Å². The maximum atomic E-state index is 13.0. The van der Waals surface area contributed by atoms with Gasteiger partial charge in [0.15, 0.2) is 11.5 Å². The molecular weight excluding hydrogens is 592 g/mol. The van der Waals surface area contributed by atoms with Crippen LogP contribution in [-0.2, 0) is 11.3 Å². The van der Waals surface area contributed by atoms with E-state index in [0.29, 0.717) is 28.7 Å². The number of carboxylic acids is 1. The summed E-state index contributed by atoms with van der Waals surface area (Å²) in [6.07, 6.45) is -0.211. The van der Waals surface area contributed by atoms with Crippen LogP contribution in [0.15, 0.2) is 84.9 Å². The Morgan fingerprint density at radius 2 is 1.50 bits per heavy atom. The molecule has 0 atom stereocenters. The van der Waals surface area contributed by atoms with E-state index in [0.717, 1.165) is 16.3 Å². The number of aliphatic carboxylic acids is 1. The highest BCUT2D eigenvalue weighted by Crippen LogP contribution is 2.30. The number of aromatic nitrogens is 3. The Balaban J connectivity index is 1.50. The lowest BCUT2D eigenvalue weighted by Crippen LogP contribution is -2.29. The van der Waals surface area contributed by atoms with Crippen molar-refractivity contribution in [3.63, 3.8) is 0 Å². The minimum absolute atomic E-state index is 0.0377. The van der Waals surface area contributed by atoms with Crippen LogP contribution in [0.25, 0.3) is 10.8 Å². The summed E-state index contributed by atoms with van der Waals surface area (Å²) in [4.78, 5) is 39.6. The number of hydrogen-bond donors (Lipinski definition) is 3. The zero-order valence-electron chi connectivity index (χ0n) is 25.4. The second kappa shape index (κ2) is 14.6. The number of carboxylic acid groups (broad SMARTS) is 1. The summed E-state index contributed by atoms with van der Waals surface area (Å²) in [5, 5.41) is 16.8. The van der Waals surface area contributed by atoms with Crippen LogP contribution in [-0.4, -0.2) is 59.9 Å². The van der Waals surface area contributed by atoms with Crippen LogP contribution >= 0.6 is 0 Å². The zero-order chi connectivity index (χ0) is 32.5. The molecule has 1 aromatic heterocycles. The first-order chi connectivity index (χ1) is 22.3. The van der Waals surface area contributed by atoms with Gasteiger partial charge in [0, 0.05) is 13.1 Å². The van der Waals surface area contributed by atoms with E-state index >= 15 is 0 Å². The van der Waals surface area contributed by atoms with Gasteiger partial charge in [-0.15, -0.1) is 0 Å². The molecule has 3 N–H and O–H groups in total. The standard InChI is InChI=1S/C33H32N6O7/c1-43-26-11-7-6-10-25(26)34-32(42)36-30-35-31(38-33(37-30)46-24-14-13-22-8-4-5-9-23(22)19-24)39(17-16-29(40)41)20-21-12-15-27(44-2)28(18-21)45-3/h4-15,18-19H,16-17,20H2,1-3H3,(H,40,41)(H2,34,35,36,37,38,42). The van der Waals surface area contributed by atoms with E-state index < -0.39 is 12.0 Å². The lowest BCUT2D eigenvalue weighted by molar-refractivity contribution is -0.136. The molecule has 0 aliphatic rings.